The van der Waals surface area contributed by atoms with E-state index in [9.17, 15) is 0 Å². The van der Waals surface area contributed by atoms with Gasteiger partial charge in [0.1, 0.15) is 5.75 Å². The van der Waals surface area contributed by atoms with E-state index in [0.717, 1.165) is 11.3 Å². The molecule has 0 bridgehead atoms. The van der Waals surface area contributed by atoms with Crippen molar-refractivity contribution >= 4 is 6.08 Å². The second-order valence-electron chi connectivity index (χ2n) is 2.66. The molecule has 0 aliphatic carbocycles. The summed E-state index contributed by atoms with van der Waals surface area (Å²) in [4.78, 5) is 0. The van der Waals surface area contributed by atoms with Gasteiger partial charge in [-0.05, 0) is 31.0 Å². The Kier molecular flexibility index (Phi) is 2.92. The molecular formula is C11H14O. The molecule has 0 aliphatic heterocycles. The topological polar surface area (TPSA) is 9.23 Å². The van der Waals surface area contributed by atoms with E-state index in [4.69, 9.17) is 4.74 Å². The molecule has 1 rings (SSSR count). The van der Waals surface area contributed by atoms with E-state index < -0.39 is 0 Å². The lowest BCUT2D eigenvalue weighted by Crippen LogP contribution is -1.93. The summed E-state index contributed by atoms with van der Waals surface area (Å²) in [5, 5.41) is 0. The molecule has 0 heterocycles. The predicted molar refractivity (Wildman–Crippen MR) is 52.4 cm³/mol. The van der Waals surface area contributed by atoms with Crippen molar-refractivity contribution in [2.75, 3.05) is 6.61 Å². The SMILES string of the molecule is C=Cc1ccc(C)c(OCC)c1. The molecule has 1 aromatic rings. The third kappa shape index (κ3) is 1.88. The Morgan fingerprint density at radius 3 is 2.83 bits per heavy atom. The van der Waals surface area contributed by atoms with E-state index in [1.807, 2.05) is 38.1 Å². The highest BCUT2D eigenvalue weighted by Gasteiger charge is 1.97. The Morgan fingerprint density at radius 2 is 2.25 bits per heavy atom. The first-order chi connectivity index (χ1) is 5.77. The molecule has 0 fully saturated rings. The summed E-state index contributed by atoms with van der Waals surface area (Å²) in [7, 11) is 0. The van der Waals surface area contributed by atoms with Crippen LogP contribution in [0.3, 0.4) is 0 Å². The monoisotopic (exact) mass is 162 g/mol. The summed E-state index contributed by atoms with van der Waals surface area (Å²) in [5.41, 5.74) is 2.27. The van der Waals surface area contributed by atoms with Crippen LogP contribution in [0, 0.1) is 6.92 Å². The van der Waals surface area contributed by atoms with Crippen molar-refractivity contribution in [3.63, 3.8) is 0 Å². The zero-order valence-corrected chi connectivity index (χ0v) is 7.63. The first-order valence-electron chi connectivity index (χ1n) is 4.13. The van der Waals surface area contributed by atoms with Crippen LogP contribution in [0.15, 0.2) is 24.8 Å². The molecule has 1 nitrogen and oxygen atoms in total. The molecule has 0 spiro atoms. The Labute approximate surface area is 73.7 Å². The maximum atomic E-state index is 5.43. The van der Waals surface area contributed by atoms with Gasteiger partial charge in [-0.25, -0.2) is 0 Å². The number of hydrogen-bond acceptors (Lipinski definition) is 1. The summed E-state index contributed by atoms with van der Waals surface area (Å²) in [6.45, 7) is 8.44. The highest BCUT2D eigenvalue weighted by atomic mass is 16.5. The van der Waals surface area contributed by atoms with Crippen LogP contribution in [0.5, 0.6) is 5.75 Å². The molecule has 0 radical (unpaired) electrons. The minimum Gasteiger partial charge on any atom is -0.494 e. The minimum atomic E-state index is 0.710. The van der Waals surface area contributed by atoms with Gasteiger partial charge in [0.2, 0.25) is 0 Å². The van der Waals surface area contributed by atoms with Crippen molar-refractivity contribution in [1.29, 1.82) is 0 Å². The number of benzene rings is 1. The molecule has 0 saturated heterocycles. The molecule has 0 aromatic heterocycles. The van der Waals surface area contributed by atoms with E-state index in [0.29, 0.717) is 6.61 Å². The molecule has 1 heteroatoms. The quantitative estimate of drug-likeness (QED) is 0.663. The van der Waals surface area contributed by atoms with Crippen LogP contribution in [0.25, 0.3) is 6.08 Å². The van der Waals surface area contributed by atoms with Crippen molar-refractivity contribution in [3.05, 3.63) is 35.9 Å². The standard InChI is InChI=1S/C11H14O/c1-4-10-7-6-9(3)11(8-10)12-5-2/h4,6-8H,1,5H2,2-3H3. The fraction of sp³-hybridized carbons (Fsp3) is 0.273. The number of ether oxygens (including phenoxy) is 1. The fourth-order valence-corrected chi connectivity index (χ4v) is 1.05. The van der Waals surface area contributed by atoms with Gasteiger partial charge in [-0.3, -0.25) is 0 Å². The molecule has 0 saturated carbocycles. The Morgan fingerprint density at radius 1 is 1.50 bits per heavy atom. The van der Waals surface area contributed by atoms with Crippen LogP contribution in [0.4, 0.5) is 0 Å². The second-order valence-corrected chi connectivity index (χ2v) is 2.66. The molecule has 0 aliphatic rings. The van der Waals surface area contributed by atoms with Gasteiger partial charge < -0.3 is 4.74 Å². The van der Waals surface area contributed by atoms with Crippen LogP contribution >= 0.6 is 0 Å². The average molecular weight is 162 g/mol. The van der Waals surface area contributed by atoms with Gasteiger partial charge >= 0.3 is 0 Å². The third-order valence-corrected chi connectivity index (χ3v) is 1.75. The van der Waals surface area contributed by atoms with Crippen molar-refractivity contribution in [3.8, 4) is 5.75 Å². The Bertz CT molecular complexity index is 276. The Balaban J connectivity index is 2.99. The highest BCUT2D eigenvalue weighted by molar-refractivity contribution is 5.51. The van der Waals surface area contributed by atoms with E-state index in [2.05, 4.69) is 6.58 Å². The van der Waals surface area contributed by atoms with E-state index >= 15 is 0 Å². The number of hydrogen-bond donors (Lipinski definition) is 0. The molecule has 0 amide bonds. The molecule has 0 unspecified atom stereocenters. The van der Waals surface area contributed by atoms with Crippen LogP contribution in [-0.2, 0) is 0 Å². The molecule has 12 heavy (non-hydrogen) atoms. The van der Waals surface area contributed by atoms with Crippen LogP contribution in [-0.4, -0.2) is 6.61 Å². The largest absolute Gasteiger partial charge is 0.494 e. The van der Waals surface area contributed by atoms with Crippen molar-refractivity contribution < 1.29 is 4.74 Å². The lowest BCUT2D eigenvalue weighted by Gasteiger charge is -2.06. The van der Waals surface area contributed by atoms with Gasteiger partial charge in [0.25, 0.3) is 0 Å². The average Bonchev–Trinajstić information content (AvgIpc) is 2.09. The summed E-state index contributed by atoms with van der Waals surface area (Å²) in [5.74, 6) is 0.954. The molecular weight excluding hydrogens is 148 g/mol. The minimum absolute atomic E-state index is 0.710. The highest BCUT2D eigenvalue weighted by Crippen LogP contribution is 2.19. The predicted octanol–water partition coefficient (Wildman–Crippen LogP) is 3.04. The number of aryl methyl sites for hydroxylation is 1. The summed E-state index contributed by atoms with van der Waals surface area (Å²) in [6.07, 6.45) is 1.82. The maximum absolute atomic E-state index is 5.43. The van der Waals surface area contributed by atoms with Crippen LogP contribution in [0.2, 0.25) is 0 Å². The van der Waals surface area contributed by atoms with Gasteiger partial charge in [0.15, 0.2) is 0 Å². The first kappa shape index (κ1) is 8.85. The van der Waals surface area contributed by atoms with Crippen molar-refractivity contribution in [1.82, 2.24) is 0 Å². The molecule has 0 N–H and O–H groups in total. The maximum Gasteiger partial charge on any atom is 0.122 e. The Hall–Kier alpha value is -1.24. The molecule has 1 aromatic carbocycles. The van der Waals surface area contributed by atoms with E-state index in [1.54, 1.807) is 0 Å². The van der Waals surface area contributed by atoms with Gasteiger partial charge in [-0.1, -0.05) is 24.8 Å². The zero-order valence-electron chi connectivity index (χ0n) is 7.63. The van der Waals surface area contributed by atoms with E-state index in [-0.39, 0.29) is 0 Å². The van der Waals surface area contributed by atoms with Gasteiger partial charge in [-0.2, -0.15) is 0 Å². The third-order valence-electron chi connectivity index (χ3n) is 1.75. The van der Waals surface area contributed by atoms with Crippen molar-refractivity contribution in [2.24, 2.45) is 0 Å². The van der Waals surface area contributed by atoms with E-state index in [1.165, 1.54) is 5.56 Å². The van der Waals surface area contributed by atoms with Crippen molar-refractivity contribution in [2.45, 2.75) is 13.8 Å². The summed E-state index contributed by atoms with van der Waals surface area (Å²) < 4.78 is 5.43. The molecule has 64 valence electrons. The normalized spacial score (nSPS) is 9.50. The smallest absolute Gasteiger partial charge is 0.122 e. The lowest BCUT2D eigenvalue weighted by molar-refractivity contribution is 0.338. The zero-order chi connectivity index (χ0) is 8.97. The van der Waals surface area contributed by atoms with Crippen LogP contribution in [0.1, 0.15) is 18.1 Å². The summed E-state index contributed by atoms with van der Waals surface area (Å²) >= 11 is 0. The first-order valence-corrected chi connectivity index (χ1v) is 4.13. The van der Waals surface area contributed by atoms with Gasteiger partial charge in [0, 0.05) is 0 Å². The molecule has 0 atom stereocenters. The van der Waals surface area contributed by atoms with Crippen LogP contribution < -0.4 is 4.74 Å². The second kappa shape index (κ2) is 3.96. The fourth-order valence-electron chi connectivity index (χ4n) is 1.05. The summed E-state index contributed by atoms with van der Waals surface area (Å²) in [6, 6.07) is 6.08. The number of rotatable bonds is 3. The lowest BCUT2D eigenvalue weighted by atomic mass is 10.1. The van der Waals surface area contributed by atoms with Gasteiger partial charge in [-0.15, -0.1) is 0 Å². The van der Waals surface area contributed by atoms with Gasteiger partial charge in [0.05, 0.1) is 6.61 Å².